The number of aliphatic imine (C=N–C) groups is 1. The number of methoxy groups -OCH3 is 1. The van der Waals surface area contributed by atoms with E-state index in [9.17, 15) is 13.2 Å². The first-order valence-corrected chi connectivity index (χ1v) is 9.08. The molecule has 4 rings (SSSR count). The number of benzene rings is 2. The quantitative estimate of drug-likeness (QED) is 0.690. The van der Waals surface area contributed by atoms with E-state index in [0.29, 0.717) is 11.1 Å². The van der Waals surface area contributed by atoms with Crippen molar-refractivity contribution >= 4 is 6.02 Å². The molecule has 1 aliphatic rings. The van der Waals surface area contributed by atoms with E-state index in [4.69, 9.17) is 15.2 Å². The molecule has 2 N–H and O–H groups in total. The molecule has 1 aliphatic heterocycles. The standard InChI is InChI=1S/C22H18F3N3O2/c1-29-19-8-7-17(11-18(19)22(23,24)25)21(13-30-20(26)28-21)16-6-2-4-14(10-16)15-5-3-9-27-12-15/h2-12H,13H2,1H3,(H2,26,28). The predicted molar refractivity (Wildman–Crippen MR) is 106 cm³/mol. The number of halogens is 3. The summed E-state index contributed by atoms with van der Waals surface area (Å²) in [5, 5.41) is 0. The Morgan fingerprint density at radius 2 is 1.80 bits per heavy atom. The van der Waals surface area contributed by atoms with Crippen LogP contribution in [0.4, 0.5) is 13.2 Å². The number of rotatable bonds is 4. The van der Waals surface area contributed by atoms with Crippen molar-refractivity contribution in [2.45, 2.75) is 11.7 Å². The van der Waals surface area contributed by atoms with E-state index in [1.54, 1.807) is 24.5 Å². The van der Waals surface area contributed by atoms with Crippen molar-refractivity contribution in [2.24, 2.45) is 10.7 Å². The van der Waals surface area contributed by atoms with Gasteiger partial charge in [-0.05, 0) is 46.5 Å². The van der Waals surface area contributed by atoms with Gasteiger partial charge in [-0.25, -0.2) is 4.99 Å². The summed E-state index contributed by atoms with van der Waals surface area (Å²) in [6.07, 6.45) is -1.21. The number of aromatic nitrogens is 1. The van der Waals surface area contributed by atoms with Gasteiger partial charge in [-0.3, -0.25) is 4.98 Å². The highest BCUT2D eigenvalue weighted by atomic mass is 19.4. The Kier molecular flexibility index (Phi) is 4.85. The average Bonchev–Trinajstić information content (AvgIpc) is 3.16. The van der Waals surface area contributed by atoms with E-state index < -0.39 is 17.3 Å². The Hall–Kier alpha value is -3.55. The van der Waals surface area contributed by atoms with E-state index in [1.165, 1.54) is 13.2 Å². The fourth-order valence-corrected chi connectivity index (χ4v) is 3.57. The van der Waals surface area contributed by atoms with Crippen LogP contribution in [-0.4, -0.2) is 24.7 Å². The van der Waals surface area contributed by atoms with Crippen LogP contribution in [0.2, 0.25) is 0 Å². The minimum absolute atomic E-state index is 0.0149. The number of nitrogens with zero attached hydrogens (tertiary/aromatic N) is 2. The first kappa shape index (κ1) is 19.8. The molecule has 1 aromatic heterocycles. The van der Waals surface area contributed by atoms with Crippen LogP contribution in [-0.2, 0) is 16.5 Å². The lowest BCUT2D eigenvalue weighted by molar-refractivity contribution is -0.138. The van der Waals surface area contributed by atoms with Crippen LogP contribution in [0, 0.1) is 0 Å². The summed E-state index contributed by atoms with van der Waals surface area (Å²) in [5.74, 6) is -0.263. The van der Waals surface area contributed by atoms with Crippen LogP contribution >= 0.6 is 0 Å². The second-order valence-corrected chi connectivity index (χ2v) is 6.83. The van der Waals surface area contributed by atoms with Gasteiger partial charge < -0.3 is 15.2 Å². The van der Waals surface area contributed by atoms with Crippen LogP contribution in [0.1, 0.15) is 16.7 Å². The average molecular weight is 413 g/mol. The van der Waals surface area contributed by atoms with E-state index in [0.717, 1.165) is 17.2 Å². The largest absolute Gasteiger partial charge is 0.496 e. The Balaban J connectivity index is 1.89. The molecule has 8 heteroatoms. The van der Waals surface area contributed by atoms with Crippen LogP contribution in [0.5, 0.6) is 5.75 Å². The minimum Gasteiger partial charge on any atom is -0.496 e. The zero-order valence-electron chi connectivity index (χ0n) is 16.0. The lowest BCUT2D eigenvalue weighted by Crippen LogP contribution is -2.28. The molecule has 3 aromatic rings. The van der Waals surface area contributed by atoms with Gasteiger partial charge in [0.05, 0.1) is 12.7 Å². The van der Waals surface area contributed by atoms with Crippen LogP contribution in [0.25, 0.3) is 11.1 Å². The molecule has 154 valence electrons. The minimum atomic E-state index is -4.59. The van der Waals surface area contributed by atoms with Gasteiger partial charge in [0.2, 0.25) is 0 Å². The van der Waals surface area contributed by atoms with Gasteiger partial charge >= 0.3 is 6.18 Å². The molecular weight excluding hydrogens is 395 g/mol. The fourth-order valence-electron chi connectivity index (χ4n) is 3.57. The summed E-state index contributed by atoms with van der Waals surface area (Å²) in [7, 11) is 1.20. The molecule has 5 nitrogen and oxygen atoms in total. The SMILES string of the molecule is COc1ccc(C2(c3cccc(-c4cccnc4)c3)COC(N)=N2)cc1C(F)(F)F. The third kappa shape index (κ3) is 3.45. The van der Waals surface area contributed by atoms with Gasteiger partial charge in [-0.15, -0.1) is 0 Å². The molecule has 2 heterocycles. The maximum absolute atomic E-state index is 13.6. The van der Waals surface area contributed by atoms with Gasteiger partial charge in [-0.2, -0.15) is 13.2 Å². The Morgan fingerprint density at radius 3 is 2.43 bits per heavy atom. The van der Waals surface area contributed by atoms with Crippen molar-refractivity contribution in [3.63, 3.8) is 0 Å². The molecule has 0 saturated heterocycles. The predicted octanol–water partition coefficient (Wildman–Crippen LogP) is 4.36. The number of hydrogen-bond acceptors (Lipinski definition) is 5. The highest BCUT2D eigenvalue weighted by Crippen LogP contribution is 2.43. The number of ether oxygens (including phenoxy) is 2. The van der Waals surface area contributed by atoms with Gasteiger partial charge in [0.1, 0.15) is 12.4 Å². The highest BCUT2D eigenvalue weighted by molar-refractivity contribution is 5.76. The third-order valence-corrected chi connectivity index (χ3v) is 5.05. The van der Waals surface area contributed by atoms with Gasteiger partial charge in [0.25, 0.3) is 6.02 Å². The first-order chi connectivity index (χ1) is 14.3. The topological polar surface area (TPSA) is 69.7 Å². The van der Waals surface area contributed by atoms with Crippen molar-refractivity contribution in [1.29, 1.82) is 0 Å². The maximum atomic E-state index is 13.6. The maximum Gasteiger partial charge on any atom is 0.419 e. The van der Waals surface area contributed by atoms with Crippen LogP contribution in [0.15, 0.2) is 72.0 Å². The summed E-state index contributed by atoms with van der Waals surface area (Å²) in [6, 6.07) is 14.9. The molecule has 1 atom stereocenters. The molecule has 0 radical (unpaired) electrons. The summed E-state index contributed by atoms with van der Waals surface area (Å²) in [5.41, 5.74) is 6.37. The lowest BCUT2D eigenvalue weighted by atomic mass is 9.82. The second-order valence-electron chi connectivity index (χ2n) is 6.83. The highest BCUT2D eigenvalue weighted by Gasteiger charge is 2.43. The Bertz CT molecular complexity index is 1100. The molecule has 0 spiro atoms. The number of nitrogens with two attached hydrogens (primary N) is 1. The second kappa shape index (κ2) is 7.37. The number of hydrogen-bond donors (Lipinski definition) is 1. The van der Waals surface area contributed by atoms with E-state index in [-0.39, 0.29) is 18.4 Å². The summed E-state index contributed by atoms with van der Waals surface area (Å²) >= 11 is 0. The lowest BCUT2D eigenvalue weighted by Gasteiger charge is -2.27. The van der Waals surface area contributed by atoms with Crippen molar-refractivity contribution < 1.29 is 22.6 Å². The summed E-state index contributed by atoms with van der Waals surface area (Å²) in [4.78, 5) is 8.54. The zero-order chi connectivity index (χ0) is 21.4. The monoisotopic (exact) mass is 413 g/mol. The van der Waals surface area contributed by atoms with Crippen molar-refractivity contribution in [3.05, 3.63) is 83.7 Å². The molecule has 0 amide bonds. The van der Waals surface area contributed by atoms with Crippen LogP contribution in [0.3, 0.4) is 0 Å². The number of pyridine rings is 1. The molecule has 1 unspecified atom stereocenters. The smallest absolute Gasteiger partial charge is 0.419 e. The van der Waals surface area contributed by atoms with Crippen LogP contribution < -0.4 is 10.5 Å². The summed E-state index contributed by atoms with van der Waals surface area (Å²) < 4.78 is 51.2. The van der Waals surface area contributed by atoms with Gasteiger partial charge in [0, 0.05) is 12.4 Å². The Morgan fingerprint density at radius 1 is 1.03 bits per heavy atom. The van der Waals surface area contributed by atoms with E-state index >= 15 is 0 Å². The number of alkyl halides is 3. The Labute approximate surface area is 171 Å². The molecule has 0 fully saturated rings. The summed E-state index contributed by atoms with van der Waals surface area (Å²) in [6.45, 7) is -0.0149. The van der Waals surface area contributed by atoms with Gasteiger partial charge in [0.15, 0.2) is 5.54 Å². The third-order valence-electron chi connectivity index (χ3n) is 5.05. The van der Waals surface area contributed by atoms with Crippen molar-refractivity contribution in [1.82, 2.24) is 4.98 Å². The molecular formula is C22H18F3N3O2. The number of amidine groups is 1. The molecule has 30 heavy (non-hydrogen) atoms. The normalized spacial score (nSPS) is 18.6. The zero-order valence-corrected chi connectivity index (χ0v) is 16.0. The molecule has 0 saturated carbocycles. The van der Waals surface area contributed by atoms with Gasteiger partial charge in [-0.1, -0.05) is 30.3 Å². The van der Waals surface area contributed by atoms with Crippen molar-refractivity contribution in [3.8, 4) is 16.9 Å². The molecule has 0 aliphatic carbocycles. The van der Waals surface area contributed by atoms with E-state index in [2.05, 4.69) is 9.98 Å². The van der Waals surface area contributed by atoms with Crippen molar-refractivity contribution in [2.75, 3.05) is 13.7 Å². The molecule has 0 bridgehead atoms. The first-order valence-electron chi connectivity index (χ1n) is 9.08. The fraction of sp³-hybridized carbons (Fsp3) is 0.182. The molecule has 2 aromatic carbocycles. The van der Waals surface area contributed by atoms with E-state index in [1.807, 2.05) is 30.3 Å².